The monoisotopic (exact) mass is 353 g/mol. The largest absolute Gasteiger partial charge is 0.374 e. The Morgan fingerprint density at radius 3 is 2.67 bits per heavy atom. The van der Waals surface area contributed by atoms with Gasteiger partial charge in [-0.15, -0.1) is 0 Å². The Labute approximate surface area is 137 Å². The molecule has 1 fully saturated rings. The Hall–Kier alpha value is -0.380. The quantitative estimate of drug-likeness (QED) is 0.808. The summed E-state index contributed by atoms with van der Waals surface area (Å²) in [4.78, 5) is 0. The molecule has 3 unspecified atom stereocenters. The summed E-state index contributed by atoms with van der Waals surface area (Å²) in [5, 5.41) is 3.54. The fraction of sp³-hybridized carbons (Fsp3) is 0.667. The summed E-state index contributed by atoms with van der Waals surface area (Å²) in [5.74, 6) is 0.756. The van der Waals surface area contributed by atoms with E-state index in [9.17, 15) is 0 Å². The number of hydrogen-bond donors (Lipinski definition) is 1. The van der Waals surface area contributed by atoms with Gasteiger partial charge >= 0.3 is 0 Å². The van der Waals surface area contributed by atoms with E-state index in [1.807, 2.05) is 0 Å². The number of halogens is 1. The summed E-state index contributed by atoms with van der Waals surface area (Å²) >= 11 is 3.51. The van der Waals surface area contributed by atoms with Gasteiger partial charge < -0.3 is 10.1 Å². The zero-order valence-electron chi connectivity index (χ0n) is 13.5. The zero-order valence-corrected chi connectivity index (χ0v) is 15.1. The smallest absolute Gasteiger partial charge is 0.0840 e. The molecule has 0 aliphatic heterocycles. The van der Waals surface area contributed by atoms with Crippen LogP contribution in [0.1, 0.15) is 45.1 Å². The number of nitrogens with one attached hydrogen (secondary N) is 1. The highest BCUT2D eigenvalue weighted by Gasteiger charge is 2.41. The molecule has 1 aromatic rings. The molecule has 2 rings (SSSR count). The Morgan fingerprint density at radius 2 is 2.10 bits per heavy atom. The third kappa shape index (κ3) is 4.30. The van der Waals surface area contributed by atoms with Crippen LogP contribution in [0.4, 0.5) is 0 Å². The molecular weight excluding hydrogens is 326 g/mol. The first-order valence-electron chi connectivity index (χ1n) is 8.15. The zero-order chi connectivity index (χ0) is 15.3. The molecule has 21 heavy (non-hydrogen) atoms. The van der Waals surface area contributed by atoms with E-state index in [1.54, 1.807) is 0 Å². The molecule has 0 bridgehead atoms. The van der Waals surface area contributed by atoms with E-state index in [-0.39, 0.29) is 5.60 Å². The van der Waals surface area contributed by atoms with Crippen molar-refractivity contribution < 1.29 is 4.74 Å². The maximum absolute atomic E-state index is 6.32. The predicted molar refractivity (Wildman–Crippen MR) is 92.7 cm³/mol. The van der Waals surface area contributed by atoms with Gasteiger partial charge in [-0.05, 0) is 56.8 Å². The maximum atomic E-state index is 6.32. The molecule has 1 saturated carbocycles. The topological polar surface area (TPSA) is 21.3 Å². The Balaban J connectivity index is 2.17. The standard InChI is InChI=1S/C18H28BrNO/c1-4-21-18(11-5-6-14(2)13-18)17(20-3)12-15-7-9-16(19)10-8-15/h7-10,14,17,20H,4-6,11-13H2,1-3H3. The average molecular weight is 354 g/mol. The summed E-state index contributed by atoms with van der Waals surface area (Å²) < 4.78 is 7.46. The Bertz CT molecular complexity index is 429. The molecule has 3 atom stereocenters. The van der Waals surface area contributed by atoms with Crippen molar-refractivity contribution in [2.45, 2.75) is 57.6 Å². The van der Waals surface area contributed by atoms with Crippen molar-refractivity contribution >= 4 is 15.9 Å². The van der Waals surface area contributed by atoms with Crippen LogP contribution < -0.4 is 5.32 Å². The van der Waals surface area contributed by atoms with E-state index in [4.69, 9.17) is 4.74 Å². The lowest BCUT2D eigenvalue weighted by atomic mass is 9.73. The van der Waals surface area contributed by atoms with Crippen LogP contribution >= 0.6 is 15.9 Å². The molecule has 0 heterocycles. The second-order valence-corrected chi connectivity index (χ2v) is 7.29. The fourth-order valence-corrected chi connectivity index (χ4v) is 4.05. The maximum Gasteiger partial charge on any atom is 0.0840 e. The molecule has 118 valence electrons. The molecule has 0 amide bonds. The van der Waals surface area contributed by atoms with E-state index >= 15 is 0 Å². The highest BCUT2D eigenvalue weighted by Crippen LogP contribution is 2.38. The van der Waals surface area contributed by atoms with Crippen molar-refractivity contribution in [3.05, 3.63) is 34.3 Å². The number of likely N-dealkylation sites (N-methyl/N-ethyl adjacent to an activating group) is 1. The fourth-order valence-electron chi connectivity index (χ4n) is 3.79. The van der Waals surface area contributed by atoms with E-state index < -0.39 is 0 Å². The van der Waals surface area contributed by atoms with Crippen molar-refractivity contribution in [1.29, 1.82) is 0 Å². The summed E-state index contributed by atoms with van der Waals surface area (Å²) in [6.07, 6.45) is 5.98. The Kier molecular flexibility index (Phi) is 6.27. The van der Waals surface area contributed by atoms with Gasteiger partial charge in [-0.25, -0.2) is 0 Å². The first kappa shape index (κ1) is 17.0. The number of benzene rings is 1. The lowest BCUT2D eigenvalue weighted by Crippen LogP contribution is -2.55. The van der Waals surface area contributed by atoms with E-state index in [1.165, 1.54) is 31.2 Å². The highest BCUT2D eigenvalue weighted by molar-refractivity contribution is 9.10. The van der Waals surface area contributed by atoms with Gasteiger partial charge in [-0.2, -0.15) is 0 Å². The van der Waals surface area contributed by atoms with Gasteiger partial charge in [0.05, 0.1) is 5.60 Å². The van der Waals surface area contributed by atoms with Crippen LogP contribution in [0, 0.1) is 5.92 Å². The number of rotatable bonds is 6. The molecule has 1 aliphatic rings. The second kappa shape index (κ2) is 7.75. The summed E-state index contributed by atoms with van der Waals surface area (Å²) in [6.45, 7) is 5.28. The van der Waals surface area contributed by atoms with Crippen LogP contribution in [0.3, 0.4) is 0 Å². The summed E-state index contributed by atoms with van der Waals surface area (Å²) in [6, 6.07) is 9.04. The number of hydrogen-bond acceptors (Lipinski definition) is 2. The van der Waals surface area contributed by atoms with Crippen molar-refractivity contribution in [3.63, 3.8) is 0 Å². The minimum Gasteiger partial charge on any atom is -0.374 e. The van der Waals surface area contributed by atoms with Crippen LogP contribution in [-0.4, -0.2) is 25.3 Å². The molecule has 1 aromatic carbocycles. The molecule has 0 saturated heterocycles. The molecule has 1 aliphatic carbocycles. The normalized spacial score (nSPS) is 27.5. The Morgan fingerprint density at radius 1 is 1.38 bits per heavy atom. The van der Waals surface area contributed by atoms with Crippen molar-refractivity contribution in [1.82, 2.24) is 5.32 Å². The molecular formula is C18H28BrNO. The van der Waals surface area contributed by atoms with Gasteiger partial charge in [0.15, 0.2) is 0 Å². The molecule has 0 aromatic heterocycles. The van der Waals surface area contributed by atoms with Gasteiger partial charge in [0.1, 0.15) is 0 Å². The van der Waals surface area contributed by atoms with Crippen molar-refractivity contribution in [3.8, 4) is 0 Å². The van der Waals surface area contributed by atoms with Crippen molar-refractivity contribution in [2.75, 3.05) is 13.7 Å². The van der Waals surface area contributed by atoms with Gasteiger partial charge in [0.25, 0.3) is 0 Å². The highest BCUT2D eigenvalue weighted by atomic mass is 79.9. The lowest BCUT2D eigenvalue weighted by molar-refractivity contribution is -0.0988. The predicted octanol–water partition coefficient (Wildman–Crippen LogP) is 4.57. The molecule has 2 nitrogen and oxygen atoms in total. The third-order valence-electron chi connectivity index (χ3n) is 4.76. The second-order valence-electron chi connectivity index (χ2n) is 6.37. The van der Waals surface area contributed by atoms with Crippen LogP contribution in [0.25, 0.3) is 0 Å². The summed E-state index contributed by atoms with van der Waals surface area (Å²) in [5.41, 5.74) is 1.36. The lowest BCUT2D eigenvalue weighted by Gasteiger charge is -2.45. The molecule has 0 radical (unpaired) electrons. The van der Waals surface area contributed by atoms with Gasteiger partial charge in [0.2, 0.25) is 0 Å². The van der Waals surface area contributed by atoms with E-state index in [0.29, 0.717) is 6.04 Å². The third-order valence-corrected chi connectivity index (χ3v) is 5.29. The molecule has 0 spiro atoms. The van der Waals surface area contributed by atoms with Crippen LogP contribution in [0.2, 0.25) is 0 Å². The van der Waals surface area contributed by atoms with Gasteiger partial charge in [-0.1, -0.05) is 47.8 Å². The summed E-state index contributed by atoms with van der Waals surface area (Å²) in [7, 11) is 2.07. The average Bonchev–Trinajstić information content (AvgIpc) is 2.47. The van der Waals surface area contributed by atoms with Crippen LogP contribution in [0.15, 0.2) is 28.7 Å². The molecule has 3 heteroatoms. The first-order chi connectivity index (χ1) is 10.1. The number of ether oxygens (including phenoxy) is 1. The van der Waals surface area contributed by atoms with Crippen molar-refractivity contribution in [2.24, 2.45) is 5.92 Å². The van der Waals surface area contributed by atoms with E-state index in [2.05, 4.69) is 66.4 Å². The first-order valence-corrected chi connectivity index (χ1v) is 8.94. The minimum absolute atomic E-state index is 0.00571. The van der Waals surface area contributed by atoms with Gasteiger partial charge in [-0.3, -0.25) is 0 Å². The van der Waals surface area contributed by atoms with E-state index in [0.717, 1.165) is 23.4 Å². The van der Waals surface area contributed by atoms with Crippen LogP contribution in [-0.2, 0) is 11.2 Å². The SMILES string of the molecule is CCOC1(C(Cc2ccc(Br)cc2)NC)CCCC(C)C1. The minimum atomic E-state index is -0.00571. The van der Waals surface area contributed by atoms with Gasteiger partial charge in [0, 0.05) is 17.1 Å². The molecule has 1 N–H and O–H groups in total. The van der Waals surface area contributed by atoms with Crippen LogP contribution in [0.5, 0.6) is 0 Å².